The number of hydrogen-bond donors (Lipinski definition) is 1. The standard InChI is InChI=1S/C7H8BrN3O/c8-5-3-10-7(11-4-5)6(12)1-2-9/h3-4H,1-2,9H2. The summed E-state index contributed by atoms with van der Waals surface area (Å²) in [6.07, 6.45) is 3.37. The van der Waals surface area contributed by atoms with Gasteiger partial charge in [0.1, 0.15) is 0 Å². The van der Waals surface area contributed by atoms with E-state index in [4.69, 9.17) is 5.73 Å². The molecule has 0 spiro atoms. The molecule has 0 aliphatic heterocycles. The van der Waals surface area contributed by atoms with Gasteiger partial charge in [-0.2, -0.15) is 0 Å². The molecule has 0 radical (unpaired) electrons. The molecule has 0 aromatic carbocycles. The van der Waals surface area contributed by atoms with Crippen molar-refractivity contribution in [1.29, 1.82) is 0 Å². The van der Waals surface area contributed by atoms with E-state index in [1.165, 1.54) is 12.4 Å². The van der Waals surface area contributed by atoms with Crippen LogP contribution in [-0.4, -0.2) is 22.3 Å². The van der Waals surface area contributed by atoms with Gasteiger partial charge in [-0.15, -0.1) is 0 Å². The van der Waals surface area contributed by atoms with Gasteiger partial charge in [-0.25, -0.2) is 9.97 Å². The van der Waals surface area contributed by atoms with Gasteiger partial charge in [0.05, 0.1) is 4.47 Å². The fourth-order valence-corrected chi connectivity index (χ4v) is 0.904. The zero-order chi connectivity index (χ0) is 8.97. The highest BCUT2D eigenvalue weighted by Gasteiger charge is 2.06. The molecular formula is C7H8BrN3O. The molecule has 4 nitrogen and oxygen atoms in total. The van der Waals surface area contributed by atoms with Crippen molar-refractivity contribution < 1.29 is 4.79 Å². The molecule has 0 bridgehead atoms. The van der Waals surface area contributed by atoms with Crippen LogP contribution in [0, 0.1) is 0 Å². The van der Waals surface area contributed by atoms with Crippen LogP contribution in [0.15, 0.2) is 16.9 Å². The van der Waals surface area contributed by atoms with Crippen LogP contribution in [0.2, 0.25) is 0 Å². The van der Waals surface area contributed by atoms with Crippen LogP contribution < -0.4 is 5.73 Å². The Morgan fingerprint density at radius 2 is 2.08 bits per heavy atom. The average Bonchev–Trinajstić information content (AvgIpc) is 2.06. The summed E-state index contributed by atoms with van der Waals surface area (Å²) in [7, 11) is 0. The lowest BCUT2D eigenvalue weighted by Gasteiger charge is -1.95. The SMILES string of the molecule is NCCC(=O)c1ncc(Br)cn1. The third-order valence-corrected chi connectivity index (χ3v) is 1.65. The summed E-state index contributed by atoms with van der Waals surface area (Å²) in [5, 5.41) is 0. The topological polar surface area (TPSA) is 68.9 Å². The molecule has 2 N–H and O–H groups in total. The van der Waals surface area contributed by atoms with Gasteiger partial charge in [0.2, 0.25) is 5.78 Å². The number of nitrogens with zero attached hydrogens (tertiary/aromatic N) is 2. The van der Waals surface area contributed by atoms with Crippen LogP contribution in [0.25, 0.3) is 0 Å². The molecule has 0 unspecified atom stereocenters. The molecule has 0 fully saturated rings. The summed E-state index contributed by atoms with van der Waals surface area (Å²) in [6.45, 7) is 0.332. The van der Waals surface area contributed by atoms with E-state index in [0.29, 0.717) is 13.0 Å². The Bertz CT molecular complexity index is 272. The number of Topliss-reactive ketones (excluding diaryl/α,β-unsaturated/α-hetero) is 1. The first-order valence-electron chi connectivity index (χ1n) is 3.45. The molecule has 1 aromatic rings. The molecule has 1 rings (SSSR count). The first-order chi connectivity index (χ1) is 5.74. The van der Waals surface area contributed by atoms with E-state index in [9.17, 15) is 4.79 Å². The van der Waals surface area contributed by atoms with Crippen molar-refractivity contribution in [3.8, 4) is 0 Å². The van der Waals surface area contributed by atoms with Crippen LogP contribution in [0.1, 0.15) is 17.0 Å². The minimum absolute atomic E-state index is 0.120. The van der Waals surface area contributed by atoms with Gasteiger partial charge in [-0.05, 0) is 22.5 Å². The molecular weight excluding hydrogens is 222 g/mol. The Hall–Kier alpha value is -0.810. The summed E-state index contributed by atoms with van der Waals surface area (Å²) in [4.78, 5) is 18.8. The maximum Gasteiger partial charge on any atom is 0.201 e. The lowest BCUT2D eigenvalue weighted by Crippen LogP contribution is -2.11. The fraction of sp³-hybridized carbons (Fsp3) is 0.286. The first-order valence-corrected chi connectivity index (χ1v) is 4.24. The van der Waals surface area contributed by atoms with E-state index >= 15 is 0 Å². The predicted octanol–water partition coefficient (Wildman–Crippen LogP) is 0.771. The Kier molecular flexibility index (Phi) is 3.31. The highest BCUT2D eigenvalue weighted by atomic mass is 79.9. The molecule has 0 amide bonds. The Morgan fingerprint density at radius 1 is 1.50 bits per heavy atom. The highest BCUT2D eigenvalue weighted by Crippen LogP contribution is 2.05. The van der Waals surface area contributed by atoms with Crippen LogP contribution in [0.5, 0.6) is 0 Å². The number of carbonyl (C=O) groups excluding carboxylic acids is 1. The van der Waals surface area contributed by atoms with Gasteiger partial charge < -0.3 is 5.73 Å². The van der Waals surface area contributed by atoms with Gasteiger partial charge in [-0.1, -0.05) is 0 Å². The normalized spacial score (nSPS) is 9.83. The van der Waals surface area contributed by atoms with Crippen molar-refractivity contribution in [2.45, 2.75) is 6.42 Å². The highest BCUT2D eigenvalue weighted by molar-refractivity contribution is 9.10. The Balaban J connectivity index is 2.75. The van der Waals surface area contributed by atoms with Crippen molar-refractivity contribution in [3.05, 3.63) is 22.7 Å². The maximum absolute atomic E-state index is 11.1. The molecule has 5 heteroatoms. The maximum atomic E-state index is 11.1. The second-order valence-electron chi connectivity index (χ2n) is 2.19. The predicted molar refractivity (Wildman–Crippen MR) is 47.7 cm³/mol. The number of carbonyl (C=O) groups is 1. The summed E-state index contributed by atoms with van der Waals surface area (Å²) < 4.78 is 0.756. The number of ketones is 1. The van der Waals surface area contributed by atoms with Crippen molar-refractivity contribution in [1.82, 2.24) is 9.97 Å². The van der Waals surface area contributed by atoms with E-state index in [1.807, 2.05) is 0 Å². The van der Waals surface area contributed by atoms with Gasteiger partial charge in [0.25, 0.3) is 0 Å². The molecule has 0 aliphatic carbocycles. The van der Waals surface area contributed by atoms with Crippen molar-refractivity contribution in [3.63, 3.8) is 0 Å². The van der Waals surface area contributed by atoms with Crippen LogP contribution in [-0.2, 0) is 0 Å². The van der Waals surface area contributed by atoms with Gasteiger partial charge >= 0.3 is 0 Å². The second kappa shape index (κ2) is 4.27. The van der Waals surface area contributed by atoms with Gasteiger partial charge in [0, 0.05) is 18.8 Å². The molecule has 1 aromatic heterocycles. The summed E-state index contributed by atoms with van der Waals surface area (Å²) in [5.41, 5.74) is 5.21. The first kappa shape index (κ1) is 9.28. The molecule has 64 valence electrons. The fourth-order valence-electron chi connectivity index (χ4n) is 0.699. The number of halogens is 1. The van der Waals surface area contributed by atoms with Crippen LogP contribution in [0.3, 0.4) is 0 Å². The minimum Gasteiger partial charge on any atom is -0.330 e. The van der Waals surface area contributed by atoms with Crippen molar-refractivity contribution >= 4 is 21.7 Å². The van der Waals surface area contributed by atoms with Crippen molar-refractivity contribution in [2.24, 2.45) is 5.73 Å². The summed E-state index contributed by atoms with van der Waals surface area (Å²) >= 11 is 3.17. The van der Waals surface area contributed by atoms with E-state index in [-0.39, 0.29) is 11.6 Å². The van der Waals surface area contributed by atoms with Crippen LogP contribution >= 0.6 is 15.9 Å². The number of nitrogens with two attached hydrogens (primary N) is 1. The van der Waals surface area contributed by atoms with E-state index in [2.05, 4.69) is 25.9 Å². The minimum atomic E-state index is -0.120. The monoisotopic (exact) mass is 229 g/mol. The Morgan fingerprint density at radius 3 is 2.58 bits per heavy atom. The largest absolute Gasteiger partial charge is 0.330 e. The quantitative estimate of drug-likeness (QED) is 0.778. The number of hydrogen-bond acceptors (Lipinski definition) is 4. The van der Waals surface area contributed by atoms with Crippen molar-refractivity contribution in [2.75, 3.05) is 6.54 Å². The number of rotatable bonds is 3. The van der Waals surface area contributed by atoms with Gasteiger partial charge in [-0.3, -0.25) is 4.79 Å². The molecule has 0 atom stereocenters. The molecule has 1 heterocycles. The second-order valence-corrected chi connectivity index (χ2v) is 3.10. The third-order valence-electron chi connectivity index (χ3n) is 1.24. The van der Waals surface area contributed by atoms with E-state index in [1.54, 1.807) is 0 Å². The number of aromatic nitrogens is 2. The lowest BCUT2D eigenvalue weighted by molar-refractivity contribution is 0.0975. The zero-order valence-electron chi connectivity index (χ0n) is 6.33. The molecule has 0 saturated heterocycles. The molecule has 0 aliphatic rings. The summed E-state index contributed by atoms with van der Waals surface area (Å²) in [5.74, 6) is 0.105. The smallest absolute Gasteiger partial charge is 0.201 e. The zero-order valence-corrected chi connectivity index (χ0v) is 7.91. The molecule has 0 saturated carbocycles. The van der Waals surface area contributed by atoms with E-state index in [0.717, 1.165) is 4.47 Å². The van der Waals surface area contributed by atoms with Crippen LogP contribution in [0.4, 0.5) is 0 Å². The van der Waals surface area contributed by atoms with E-state index < -0.39 is 0 Å². The third kappa shape index (κ3) is 2.35. The average molecular weight is 230 g/mol. The van der Waals surface area contributed by atoms with Gasteiger partial charge in [0.15, 0.2) is 5.82 Å². The Labute approximate surface area is 78.3 Å². The lowest BCUT2D eigenvalue weighted by atomic mass is 10.3. The molecule has 12 heavy (non-hydrogen) atoms. The summed E-state index contributed by atoms with van der Waals surface area (Å²) in [6, 6.07) is 0.